The Balaban J connectivity index is 1.53. The summed E-state index contributed by atoms with van der Waals surface area (Å²) in [4.78, 5) is 11.8. The van der Waals surface area contributed by atoms with Crippen LogP contribution in [0.25, 0.3) is 0 Å². The van der Waals surface area contributed by atoms with E-state index in [2.05, 4.69) is 20.8 Å². The minimum absolute atomic E-state index is 0.0308. The van der Waals surface area contributed by atoms with Crippen molar-refractivity contribution in [3.8, 4) is 11.5 Å². The first-order valence-electron chi connectivity index (χ1n) is 7.01. The van der Waals surface area contributed by atoms with Crippen LogP contribution in [0, 0.1) is 0 Å². The summed E-state index contributed by atoms with van der Waals surface area (Å²) in [7, 11) is 0. The number of aromatic hydroxyl groups is 2. The number of phenolic OH excluding ortho intramolecular Hbond substituents is 2. The lowest BCUT2D eigenvalue weighted by Gasteiger charge is -2.08. The molecular weight excluding hydrogens is 284 g/mol. The monoisotopic (exact) mass is 300 g/mol. The maximum absolute atomic E-state index is 11.8. The second-order valence-corrected chi connectivity index (χ2v) is 5.24. The number of carbonyl (C=O) groups excluding carboxylic acids is 1. The first-order valence-corrected chi connectivity index (χ1v) is 7.01. The number of benzene rings is 1. The van der Waals surface area contributed by atoms with Crippen LogP contribution < -0.4 is 10.6 Å². The number of carbonyl (C=O) groups is 1. The summed E-state index contributed by atoms with van der Waals surface area (Å²) in [5.41, 5.74) is 1.46. The molecule has 1 aliphatic carbocycles. The third-order valence-corrected chi connectivity index (χ3v) is 3.43. The normalized spacial score (nSPS) is 13.6. The van der Waals surface area contributed by atoms with E-state index in [1.807, 2.05) is 6.07 Å². The van der Waals surface area contributed by atoms with E-state index in [4.69, 9.17) is 0 Å². The molecule has 4 N–H and O–H groups in total. The van der Waals surface area contributed by atoms with Crippen LogP contribution in [-0.4, -0.2) is 26.4 Å². The Kier molecular flexibility index (Phi) is 3.78. The predicted molar refractivity (Wildman–Crippen MR) is 79.6 cm³/mol. The van der Waals surface area contributed by atoms with Crippen LogP contribution in [-0.2, 0) is 6.54 Å². The van der Waals surface area contributed by atoms with Crippen LogP contribution in [0.15, 0.2) is 30.3 Å². The van der Waals surface area contributed by atoms with Crippen LogP contribution in [0.4, 0.5) is 10.6 Å². The molecule has 1 aliphatic rings. The molecule has 0 saturated heterocycles. The number of hydrogen-bond donors (Lipinski definition) is 4. The molecule has 0 spiro atoms. The van der Waals surface area contributed by atoms with Crippen molar-refractivity contribution in [1.29, 1.82) is 0 Å². The Bertz CT molecular complexity index is 684. The average Bonchev–Trinajstić information content (AvgIpc) is 3.32. The van der Waals surface area contributed by atoms with Crippen LogP contribution in [0.2, 0.25) is 0 Å². The molecule has 0 radical (unpaired) electrons. The van der Waals surface area contributed by atoms with Gasteiger partial charge in [-0.15, -0.1) is 5.10 Å². The molecule has 114 valence electrons. The van der Waals surface area contributed by atoms with Crippen molar-refractivity contribution < 1.29 is 15.0 Å². The van der Waals surface area contributed by atoms with Gasteiger partial charge in [0.25, 0.3) is 0 Å². The van der Waals surface area contributed by atoms with E-state index in [0.717, 1.165) is 18.5 Å². The Morgan fingerprint density at radius 1 is 1.18 bits per heavy atom. The van der Waals surface area contributed by atoms with E-state index >= 15 is 0 Å². The SMILES string of the molecule is O=C(NCc1ccc(O)cc1O)Nc1ccc(C2CC2)nn1. The van der Waals surface area contributed by atoms with Crippen molar-refractivity contribution in [2.45, 2.75) is 25.3 Å². The number of nitrogens with zero attached hydrogens (tertiary/aromatic N) is 2. The van der Waals surface area contributed by atoms with Gasteiger partial charge in [0, 0.05) is 24.1 Å². The summed E-state index contributed by atoms with van der Waals surface area (Å²) in [6.07, 6.45) is 2.30. The first kappa shape index (κ1) is 14.1. The highest BCUT2D eigenvalue weighted by atomic mass is 16.3. The summed E-state index contributed by atoms with van der Waals surface area (Å²) >= 11 is 0. The maximum atomic E-state index is 11.8. The lowest BCUT2D eigenvalue weighted by Crippen LogP contribution is -2.28. The van der Waals surface area contributed by atoms with Crippen molar-refractivity contribution >= 4 is 11.8 Å². The molecule has 0 bridgehead atoms. The van der Waals surface area contributed by atoms with Gasteiger partial charge in [-0.05, 0) is 37.1 Å². The zero-order valence-corrected chi connectivity index (χ0v) is 11.8. The molecule has 7 heteroatoms. The fourth-order valence-electron chi connectivity index (χ4n) is 2.04. The Labute approximate surface area is 127 Å². The molecule has 1 heterocycles. The summed E-state index contributed by atoms with van der Waals surface area (Å²) in [6.45, 7) is 0.130. The second-order valence-electron chi connectivity index (χ2n) is 5.24. The molecule has 0 atom stereocenters. The molecule has 2 aromatic rings. The number of phenols is 2. The van der Waals surface area contributed by atoms with Crippen molar-refractivity contribution in [1.82, 2.24) is 15.5 Å². The summed E-state index contributed by atoms with van der Waals surface area (Å²) in [5, 5.41) is 32.0. The molecule has 7 nitrogen and oxygen atoms in total. The Morgan fingerprint density at radius 2 is 2.00 bits per heavy atom. The molecule has 1 aromatic heterocycles. The van der Waals surface area contributed by atoms with Crippen molar-refractivity contribution in [2.24, 2.45) is 0 Å². The third kappa shape index (κ3) is 3.43. The standard InChI is InChI=1S/C15H16N4O3/c20-11-4-3-10(13(21)7-11)8-16-15(22)17-14-6-5-12(18-19-14)9-1-2-9/h3-7,9,20-21H,1-2,8H2,(H2,16,17,19,22). The van der Waals surface area contributed by atoms with Crippen LogP contribution in [0.3, 0.4) is 0 Å². The van der Waals surface area contributed by atoms with Gasteiger partial charge < -0.3 is 15.5 Å². The third-order valence-electron chi connectivity index (χ3n) is 3.43. The Morgan fingerprint density at radius 3 is 2.64 bits per heavy atom. The molecule has 1 fully saturated rings. The number of amides is 2. The lowest BCUT2D eigenvalue weighted by atomic mass is 10.2. The van der Waals surface area contributed by atoms with Gasteiger partial charge in [-0.1, -0.05) is 0 Å². The van der Waals surface area contributed by atoms with Gasteiger partial charge in [0.05, 0.1) is 5.69 Å². The van der Waals surface area contributed by atoms with Gasteiger partial charge in [-0.3, -0.25) is 5.32 Å². The van der Waals surface area contributed by atoms with Gasteiger partial charge >= 0.3 is 6.03 Å². The number of hydrogen-bond acceptors (Lipinski definition) is 5. The Hall–Kier alpha value is -2.83. The minimum atomic E-state index is -0.444. The highest BCUT2D eigenvalue weighted by Gasteiger charge is 2.25. The number of nitrogens with one attached hydrogen (secondary N) is 2. The zero-order valence-electron chi connectivity index (χ0n) is 11.8. The molecule has 0 aliphatic heterocycles. The average molecular weight is 300 g/mol. The van der Waals surface area contributed by atoms with Crippen molar-refractivity contribution in [3.05, 3.63) is 41.6 Å². The fraction of sp³-hybridized carbons (Fsp3) is 0.267. The lowest BCUT2D eigenvalue weighted by molar-refractivity contribution is 0.251. The van der Waals surface area contributed by atoms with E-state index in [1.54, 1.807) is 6.07 Å². The van der Waals surface area contributed by atoms with Gasteiger partial charge in [-0.25, -0.2) is 4.79 Å². The molecular formula is C15H16N4O3. The fourth-order valence-corrected chi connectivity index (χ4v) is 2.04. The van der Waals surface area contributed by atoms with E-state index in [1.165, 1.54) is 18.2 Å². The van der Waals surface area contributed by atoms with Gasteiger partial charge in [0.1, 0.15) is 11.5 Å². The molecule has 1 saturated carbocycles. The van der Waals surface area contributed by atoms with Gasteiger partial charge in [0.2, 0.25) is 0 Å². The summed E-state index contributed by atoms with van der Waals surface area (Å²) < 4.78 is 0. The van der Waals surface area contributed by atoms with Crippen LogP contribution in [0.1, 0.15) is 30.0 Å². The van der Waals surface area contributed by atoms with E-state index in [9.17, 15) is 15.0 Å². The number of anilines is 1. The molecule has 3 rings (SSSR count). The molecule has 2 amide bonds. The largest absolute Gasteiger partial charge is 0.508 e. The minimum Gasteiger partial charge on any atom is -0.508 e. The predicted octanol–water partition coefficient (Wildman–Crippen LogP) is 2.09. The molecule has 1 aromatic carbocycles. The van der Waals surface area contributed by atoms with Crippen LogP contribution >= 0.6 is 0 Å². The highest BCUT2D eigenvalue weighted by molar-refractivity contribution is 5.88. The van der Waals surface area contributed by atoms with Crippen molar-refractivity contribution in [3.63, 3.8) is 0 Å². The topological polar surface area (TPSA) is 107 Å². The van der Waals surface area contributed by atoms with E-state index in [0.29, 0.717) is 17.3 Å². The second kappa shape index (κ2) is 5.88. The number of aromatic nitrogens is 2. The summed E-state index contributed by atoms with van der Waals surface area (Å²) in [5.74, 6) is 0.787. The van der Waals surface area contributed by atoms with E-state index < -0.39 is 6.03 Å². The van der Waals surface area contributed by atoms with Crippen LogP contribution in [0.5, 0.6) is 11.5 Å². The summed E-state index contributed by atoms with van der Waals surface area (Å²) in [6, 6.07) is 7.34. The van der Waals surface area contributed by atoms with Crippen molar-refractivity contribution in [2.75, 3.05) is 5.32 Å². The van der Waals surface area contributed by atoms with Gasteiger partial charge in [0.15, 0.2) is 5.82 Å². The molecule has 22 heavy (non-hydrogen) atoms. The highest BCUT2D eigenvalue weighted by Crippen LogP contribution is 2.38. The quantitative estimate of drug-likeness (QED) is 0.691. The first-order chi connectivity index (χ1) is 10.6. The number of rotatable bonds is 4. The zero-order chi connectivity index (χ0) is 15.5. The number of urea groups is 1. The van der Waals surface area contributed by atoms with Gasteiger partial charge in [-0.2, -0.15) is 5.10 Å². The van der Waals surface area contributed by atoms with E-state index in [-0.39, 0.29) is 18.0 Å². The maximum Gasteiger partial charge on any atom is 0.320 e. The smallest absolute Gasteiger partial charge is 0.320 e. The molecule has 0 unspecified atom stereocenters.